The molecule has 0 aliphatic rings. The Kier molecular flexibility index (Phi) is 3.80. The number of aryl methyl sites for hydroxylation is 1. The van der Waals surface area contributed by atoms with Crippen LogP contribution in [0.25, 0.3) is 66.1 Å². The number of fused-ring (bicyclic) bond motifs is 6. The van der Waals surface area contributed by atoms with Crippen LogP contribution in [0.15, 0.2) is 112 Å². The average molecular weight is 424 g/mol. The molecule has 156 valence electrons. The maximum atomic E-state index is 6.44. The van der Waals surface area contributed by atoms with Gasteiger partial charge in [-0.1, -0.05) is 78.4 Å². The largest absolute Gasteiger partial charge is 0.456 e. The van der Waals surface area contributed by atoms with Crippen molar-refractivity contribution in [3.05, 3.63) is 109 Å². The SMILES string of the molecule is Cc1ccc(-c2ccc(-c3ccc4c(c3)oc3ccccc34)c3c2oc2ccccc23)cc1. The summed E-state index contributed by atoms with van der Waals surface area (Å²) in [6.45, 7) is 2.11. The normalized spacial score (nSPS) is 11.8. The smallest absolute Gasteiger partial charge is 0.143 e. The predicted octanol–water partition coefficient (Wildman–Crippen LogP) is 9.13. The summed E-state index contributed by atoms with van der Waals surface area (Å²) >= 11 is 0. The first kappa shape index (κ1) is 18.3. The molecule has 0 amide bonds. The maximum Gasteiger partial charge on any atom is 0.143 e. The van der Waals surface area contributed by atoms with Crippen LogP contribution in [0.5, 0.6) is 0 Å². The molecule has 7 rings (SSSR count). The number of hydrogen-bond donors (Lipinski definition) is 0. The Morgan fingerprint density at radius 3 is 1.94 bits per heavy atom. The van der Waals surface area contributed by atoms with Crippen molar-refractivity contribution in [3.8, 4) is 22.3 Å². The molecule has 0 aliphatic carbocycles. The first-order chi connectivity index (χ1) is 16.3. The standard InChI is InChI=1S/C31H20O2/c1-19-10-12-20(13-11-19)23-17-16-22(30-26-7-3-5-9-28(26)33-31(23)30)21-14-15-25-24-6-2-4-8-27(24)32-29(25)18-21/h2-18H,1H3. The highest BCUT2D eigenvalue weighted by molar-refractivity contribution is 6.17. The summed E-state index contributed by atoms with van der Waals surface area (Å²) in [5, 5.41) is 4.55. The van der Waals surface area contributed by atoms with Gasteiger partial charge in [0.2, 0.25) is 0 Å². The van der Waals surface area contributed by atoms with E-state index in [-0.39, 0.29) is 0 Å². The molecule has 0 saturated heterocycles. The molecule has 33 heavy (non-hydrogen) atoms. The first-order valence-corrected chi connectivity index (χ1v) is 11.2. The van der Waals surface area contributed by atoms with Gasteiger partial charge in [0.15, 0.2) is 0 Å². The Morgan fingerprint density at radius 2 is 1.12 bits per heavy atom. The molecule has 2 aromatic heterocycles. The van der Waals surface area contributed by atoms with Crippen molar-refractivity contribution in [2.75, 3.05) is 0 Å². The molecule has 0 unspecified atom stereocenters. The molecule has 2 nitrogen and oxygen atoms in total. The van der Waals surface area contributed by atoms with Gasteiger partial charge >= 0.3 is 0 Å². The Bertz CT molecular complexity index is 1810. The van der Waals surface area contributed by atoms with Crippen molar-refractivity contribution in [1.82, 2.24) is 0 Å². The fourth-order valence-electron chi connectivity index (χ4n) is 4.92. The lowest BCUT2D eigenvalue weighted by atomic mass is 9.94. The number of hydrogen-bond acceptors (Lipinski definition) is 2. The minimum atomic E-state index is 0.900. The van der Waals surface area contributed by atoms with Crippen LogP contribution in [-0.4, -0.2) is 0 Å². The minimum absolute atomic E-state index is 0.900. The van der Waals surface area contributed by atoms with E-state index in [1.54, 1.807) is 0 Å². The zero-order valence-electron chi connectivity index (χ0n) is 18.1. The summed E-state index contributed by atoms with van der Waals surface area (Å²) in [6.07, 6.45) is 0. The summed E-state index contributed by atoms with van der Waals surface area (Å²) < 4.78 is 12.6. The highest BCUT2D eigenvalue weighted by Crippen LogP contribution is 2.42. The second-order valence-corrected chi connectivity index (χ2v) is 8.64. The van der Waals surface area contributed by atoms with Crippen molar-refractivity contribution in [2.24, 2.45) is 0 Å². The molecule has 0 N–H and O–H groups in total. The quantitative estimate of drug-likeness (QED) is 0.276. The third-order valence-electron chi connectivity index (χ3n) is 6.58. The van der Waals surface area contributed by atoms with Crippen LogP contribution in [0.2, 0.25) is 0 Å². The predicted molar refractivity (Wildman–Crippen MR) is 137 cm³/mol. The van der Waals surface area contributed by atoms with Gasteiger partial charge in [0.05, 0.1) is 0 Å². The third-order valence-corrected chi connectivity index (χ3v) is 6.58. The van der Waals surface area contributed by atoms with E-state index in [2.05, 4.69) is 85.8 Å². The molecule has 2 heterocycles. The molecule has 0 saturated carbocycles. The number of furan rings is 2. The number of para-hydroxylation sites is 2. The average Bonchev–Trinajstić information content (AvgIpc) is 3.42. The summed E-state index contributed by atoms with van der Waals surface area (Å²) in [5.41, 5.74) is 9.41. The fourth-order valence-corrected chi connectivity index (χ4v) is 4.92. The first-order valence-electron chi connectivity index (χ1n) is 11.2. The lowest BCUT2D eigenvalue weighted by molar-refractivity contribution is 0.668. The van der Waals surface area contributed by atoms with E-state index in [1.807, 2.05) is 24.3 Å². The summed E-state index contributed by atoms with van der Waals surface area (Å²) in [7, 11) is 0. The molecule has 0 fully saturated rings. The van der Waals surface area contributed by atoms with Crippen LogP contribution in [0.4, 0.5) is 0 Å². The van der Waals surface area contributed by atoms with Gasteiger partial charge < -0.3 is 8.83 Å². The summed E-state index contributed by atoms with van der Waals surface area (Å²) in [6, 6.07) is 36.0. The molecule has 0 spiro atoms. The Balaban J connectivity index is 1.53. The van der Waals surface area contributed by atoms with Crippen LogP contribution in [0.3, 0.4) is 0 Å². The van der Waals surface area contributed by atoms with Gasteiger partial charge in [0.1, 0.15) is 22.3 Å². The zero-order chi connectivity index (χ0) is 21.9. The Labute approximate surface area is 190 Å². The summed E-state index contributed by atoms with van der Waals surface area (Å²) in [5.74, 6) is 0. The van der Waals surface area contributed by atoms with Crippen molar-refractivity contribution in [3.63, 3.8) is 0 Å². The van der Waals surface area contributed by atoms with Crippen LogP contribution in [0.1, 0.15) is 5.56 Å². The van der Waals surface area contributed by atoms with Gasteiger partial charge in [-0.15, -0.1) is 0 Å². The molecule has 0 radical (unpaired) electrons. The molecular formula is C31H20O2. The van der Waals surface area contributed by atoms with Crippen LogP contribution < -0.4 is 0 Å². The zero-order valence-corrected chi connectivity index (χ0v) is 18.1. The molecule has 0 bridgehead atoms. The van der Waals surface area contributed by atoms with E-state index in [0.717, 1.165) is 66.1 Å². The van der Waals surface area contributed by atoms with Gasteiger partial charge in [0.25, 0.3) is 0 Å². The van der Waals surface area contributed by atoms with Crippen molar-refractivity contribution in [1.29, 1.82) is 0 Å². The van der Waals surface area contributed by atoms with Gasteiger partial charge in [-0.3, -0.25) is 0 Å². The molecule has 5 aromatic carbocycles. The molecular weight excluding hydrogens is 404 g/mol. The molecule has 2 heteroatoms. The van der Waals surface area contributed by atoms with E-state index in [4.69, 9.17) is 8.83 Å². The highest BCUT2D eigenvalue weighted by atomic mass is 16.3. The van der Waals surface area contributed by atoms with E-state index in [0.29, 0.717) is 0 Å². The lowest BCUT2D eigenvalue weighted by Gasteiger charge is -2.09. The Hall–Kier alpha value is -4.30. The second kappa shape index (κ2) is 6.85. The number of rotatable bonds is 2. The molecule has 7 aromatic rings. The van der Waals surface area contributed by atoms with E-state index in [9.17, 15) is 0 Å². The second-order valence-electron chi connectivity index (χ2n) is 8.64. The lowest BCUT2D eigenvalue weighted by Crippen LogP contribution is -1.84. The third kappa shape index (κ3) is 2.74. The number of benzene rings is 5. The van der Waals surface area contributed by atoms with E-state index in [1.165, 1.54) is 5.56 Å². The van der Waals surface area contributed by atoms with Crippen molar-refractivity contribution >= 4 is 43.9 Å². The van der Waals surface area contributed by atoms with E-state index < -0.39 is 0 Å². The van der Waals surface area contributed by atoms with E-state index >= 15 is 0 Å². The van der Waals surface area contributed by atoms with Gasteiger partial charge in [-0.2, -0.15) is 0 Å². The highest BCUT2D eigenvalue weighted by Gasteiger charge is 2.18. The summed E-state index contributed by atoms with van der Waals surface area (Å²) in [4.78, 5) is 0. The topological polar surface area (TPSA) is 26.3 Å². The van der Waals surface area contributed by atoms with Gasteiger partial charge in [-0.05, 0) is 53.9 Å². The Morgan fingerprint density at radius 1 is 0.485 bits per heavy atom. The van der Waals surface area contributed by atoms with Crippen LogP contribution in [0, 0.1) is 6.92 Å². The van der Waals surface area contributed by atoms with Crippen LogP contribution >= 0.6 is 0 Å². The van der Waals surface area contributed by atoms with Crippen molar-refractivity contribution in [2.45, 2.75) is 6.92 Å². The van der Waals surface area contributed by atoms with Crippen LogP contribution in [-0.2, 0) is 0 Å². The van der Waals surface area contributed by atoms with Gasteiger partial charge in [-0.25, -0.2) is 0 Å². The molecule has 0 aliphatic heterocycles. The monoisotopic (exact) mass is 424 g/mol. The fraction of sp³-hybridized carbons (Fsp3) is 0.0323. The van der Waals surface area contributed by atoms with Gasteiger partial charge in [0, 0.05) is 27.1 Å². The van der Waals surface area contributed by atoms with Crippen molar-refractivity contribution < 1.29 is 8.83 Å². The minimum Gasteiger partial charge on any atom is -0.456 e. The maximum absolute atomic E-state index is 6.44. The molecule has 0 atom stereocenters.